The number of nitrogens with zero attached hydrogens (tertiary/aromatic N) is 2. The Morgan fingerprint density at radius 1 is 1.67 bits per heavy atom. The molecule has 0 saturated carbocycles. The average molecular weight is 208 g/mol. The number of carbonyl (C=O) groups is 1. The molecule has 1 aromatic heterocycles. The van der Waals surface area contributed by atoms with Gasteiger partial charge in [0.2, 0.25) is 5.91 Å². The van der Waals surface area contributed by atoms with E-state index < -0.39 is 0 Å². The SMILES string of the molecule is O=C1CCC(NCCn2cccn2)CN1. The predicted octanol–water partition coefficient (Wildman–Crippen LogP) is -0.249. The molecule has 1 fully saturated rings. The van der Waals surface area contributed by atoms with E-state index >= 15 is 0 Å². The number of rotatable bonds is 4. The minimum absolute atomic E-state index is 0.167. The van der Waals surface area contributed by atoms with E-state index in [0.29, 0.717) is 12.5 Å². The minimum Gasteiger partial charge on any atom is -0.355 e. The first-order valence-electron chi connectivity index (χ1n) is 5.32. The van der Waals surface area contributed by atoms with E-state index in [9.17, 15) is 4.79 Å². The molecule has 5 heteroatoms. The summed E-state index contributed by atoms with van der Waals surface area (Å²) in [5.41, 5.74) is 0. The van der Waals surface area contributed by atoms with Crippen molar-refractivity contribution in [1.82, 2.24) is 20.4 Å². The Morgan fingerprint density at radius 3 is 3.27 bits per heavy atom. The van der Waals surface area contributed by atoms with Crippen LogP contribution in [0.4, 0.5) is 0 Å². The fourth-order valence-electron chi connectivity index (χ4n) is 1.72. The topological polar surface area (TPSA) is 59.0 Å². The number of piperidine rings is 1. The van der Waals surface area contributed by atoms with E-state index in [-0.39, 0.29) is 5.91 Å². The summed E-state index contributed by atoms with van der Waals surface area (Å²) in [6.45, 7) is 2.51. The summed E-state index contributed by atoms with van der Waals surface area (Å²) in [5.74, 6) is 0.167. The van der Waals surface area contributed by atoms with Gasteiger partial charge in [0.15, 0.2) is 0 Å². The molecule has 0 radical (unpaired) electrons. The maximum Gasteiger partial charge on any atom is 0.220 e. The van der Waals surface area contributed by atoms with Crippen LogP contribution < -0.4 is 10.6 Å². The zero-order valence-corrected chi connectivity index (χ0v) is 8.65. The third-order valence-electron chi connectivity index (χ3n) is 2.60. The second-order valence-corrected chi connectivity index (χ2v) is 3.76. The molecule has 0 aromatic carbocycles. The second-order valence-electron chi connectivity index (χ2n) is 3.76. The molecule has 2 rings (SSSR count). The molecular formula is C10H16N4O. The number of amides is 1. The highest BCUT2D eigenvalue weighted by Gasteiger charge is 2.16. The fourth-order valence-corrected chi connectivity index (χ4v) is 1.72. The summed E-state index contributed by atoms with van der Waals surface area (Å²) in [5, 5.41) is 10.4. The second kappa shape index (κ2) is 4.93. The average Bonchev–Trinajstić information content (AvgIpc) is 2.74. The van der Waals surface area contributed by atoms with Crippen molar-refractivity contribution in [3.63, 3.8) is 0 Å². The van der Waals surface area contributed by atoms with Crippen molar-refractivity contribution in [2.75, 3.05) is 13.1 Å². The summed E-state index contributed by atoms with van der Waals surface area (Å²) in [6, 6.07) is 2.33. The standard InChI is InChI=1S/C10H16N4O/c15-10-3-2-9(8-12-10)11-5-7-14-6-1-4-13-14/h1,4,6,9,11H,2-3,5,7-8H2,(H,12,15). The van der Waals surface area contributed by atoms with Gasteiger partial charge in [-0.25, -0.2) is 0 Å². The van der Waals surface area contributed by atoms with Crippen molar-refractivity contribution < 1.29 is 4.79 Å². The lowest BCUT2D eigenvalue weighted by atomic mass is 10.1. The minimum atomic E-state index is 0.167. The molecule has 1 saturated heterocycles. The number of nitrogens with one attached hydrogen (secondary N) is 2. The maximum absolute atomic E-state index is 10.9. The third kappa shape index (κ3) is 3.06. The number of hydrogen-bond donors (Lipinski definition) is 2. The normalized spacial score (nSPS) is 21.3. The van der Waals surface area contributed by atoms with Crippen LogP contribution in [0.3, 0.4) is 0 Å². The van der Waals surface area contributed by atoms with Gasteiger partial charge in [0.05, 0.1) is 6.54 Å². The van der Waals surface area contributed by atoms with Gasteiger partial charge >= 0.3 is 0 Å². The van der Waals surface area contributed by atoms with Crippen LogP contribution in [0.2, 0.25) is 0 Å². The number of carbonyl (C=O) groups excluding carboxylic acids is 1. The van der Waals surface area contributed by atoms with E-state index in [1.165, 1.54) is 0 Å². The lowest BCUT2D eigenvalue weighted by Gasteiger charge is -2.23. The van der Waals surface area contributed by atoms with Gasteiger partial charge < -0.3 is 10.6 Å². The molecule has 1 amide bonds. The van der Waals surface area contributed by atoms with E-state index in [4.69, 9.17) is 0 Å². The zero-order chi connectivity index (χ0) is 10.5. The molecule has 0 spiro atoms. The Kier molecular flexibility index (Phi) is 3.34. The quantitative estimate of drug-likeness (QED) is 0.717. The fraction of sp³-hybridized carbons (Fsp3) is 0.600. The van der Waals surface area contributed by atoms with Gasteiger partial charge in [-0.3, -0.25) is 9.48 Å². The zero-order valence-electron chi connectivity index (χ0n) is 8.65. The van der Waals surface area contributed by atoms with Crippen molar-refractivity contribution in [2.24, 2.45) is 0 Å². The van der Waals surface area contributed by atoms with Crippen LogP contribution in [0.1, 0.15) is 12.8 Å². The van der Waals surface area contributed by atoms with Crippen molar-refractivity contribution in [1.29, 1.82) is 0 Å². The maximum atomic E-state index is 10.9. The van der Waals surface area contributed by atoms with E-state index in [1.54, 1.807) is 6.20 Å². The van der Waals surface area contributed by atoms with Gasteiger partial charge in [0.25, 0.3) is 0 Å². The monoisotopic (exact) mass is 208 g/mol. The molecule has 1 atom stereocenters. The molecule has 1 aromatic rings. The Balaban J connectivity index is 1.64. The van der Waals surface area contributed by atoms with Gasteiger partial charge in [-0.1, -0.05) is 0 Å². The van der Waals surface area contributed by atoms with Gasteiger partial charge in [-0.15, -0.1) is 0 Å². The lowest BCUT2D eigenvalue weighted by Crippen LogP contribution is -2.46. The predicted molar refractivity (Wildman–Crippen MR) is 56.3 cm³/mol. The van der Waals surface area contributed by atoms with Crippen LogP contribution >= 0.6 is 0 Å². The molecule has 0 bridgehead atoms. The van der Waals surface area contributed by atoms with Crippen LogP contribution in [0.15, 0.2) is 18.5 Å². The van der Waals surface area contributed by atoms with Crippen LogP contribution in [0, 0.1) is 0 Å². The molecule has 1 aliphatic rings. The Labute approximate surface area is 88.8 Å². The molecule has 2 heterocycles. The molecule has 5 nitrogen and oxygen atoms in total. The van der Waals surface area contributed by atoms with Crippen molar-refractivity contribution >= 4 is 5.91 Å². The Bertz CT molecular complexity index is 299. The smallest absolute Gasteiger partial charge is 0.220 e. The summed E-state index contributed by atoms with van der Waals surface area (Å²) < 4.78 is 1.90. The first-order valence-corrected chi connectivity index (χ1v) is 5.32. The van der Waals surface area contributed by atoms with Crippen molar-refractivity contribution in [2.45, 2.75) is 25.4 Å². The van der Waals surface area contributed by atoms with Gasteiger partial charge in [-0.05, 0) is 12.5 Å². The molecule has 2 N–H and O–H groups in total. The van der Waals surface area contributed by atoms with Crippen LogP contribution in [0.5, 0.6) is 0 Å². The van der Waals surface area contributed by atoms with Crippen LogP contribution in [-0.2, 0) is 11.3 Å². The largest absolute Gasteiger partial charge is 0.355 e. The summed E-state index contributed by atoms with van der Waals surface area (Å²) in [4.78, 5) is 10.9. The number of aromatic nitrogens is 2. The van der Waals surface area contributed by atoms with Gasteiger partial charge in [0, 0.05) is 37.9 Å². The van der Waals surface area contributed by atoms with Gasteiger partial charge in [-0.2, -0.15) is 5.10 Å². The van der Waals surface area contributed by atoms with Crippen molar-refractivity contribution in [3.05, 3.63) is 18.5 Å². The molecule has 15 heavy (non-hydrogen) atoms. The highest BCUT2D eigenvalue weighted by atomic mass is 16.1. The molecule has 1 aliphatic heterocycles. The molecule has 82 valence electrons. The Morgan fingerprint density at radius 2 is 2.60 bits per heavy atom. The highest BCUT2D eigenvalue weighted by Crippen LogP contribution is 2.01. The molecule has 0 aliphatic carbocycles. The summed E-state index contributed by atoms with van der Waals surface area (Å²) in [7, 11) is 0. The van der Waals surface area contributed by atoms with E-state index in [1.807, 2.05) is 16.9 Å². The molecule has 1 unspecified atom stereocenters. The van der Waals surface area contributed by atoms with Gasteiger partial charge in [0.1, 0.15) is 0 Å². The van der Waals surface area contributed by atoms with Crippen LogP contribution in [0.25, 0.3) is 0 Å². The van der Waals surface area contributed by atoms with E-state index in [0.717, 1.165) is 26.1 Å². The van der Waals surface area contributed by atoms with Crippen LogP contribution in [-0.4, -0.2) is 34.8 Å². The highest BCUT2D eigenvalue weighted by molar-refractivity contribution is 5.76. The molecular weight excluding hydrogens is 192 g/mol. The van der Waals surface area contributed by atoms with Crippen molar-refractivity contribution in [3.8, 4) is 0 Å². The van der Waals surface area contributed by atoms with E-state index in [2.05, 4.69) is 15.7 Å². The number of hydrogen-bond acceptors (Lipinski definition) is 3. The Hall–Kier alpha value is -1.36. The third-order valence-corrected chi connectivity index (χ3v) is 2.60. The first-order chi connectivity index (χ1) is 7.34. The summed E-state index contributed by atoms with van der Waals surface area (Å²) >= 11 is 0. The summed E-state index contributed by atoms with van der Waals surface area (Å²) in [6.07, 6.45) is 5.30. The first kappa shape index (κ1) is 10.2. The lowest BCUT2D eigenvalue weighted by molar-refractivity contribution is -0.122.